The van der Waals surface area contributed by atoms with Crippen molar-refractivity contribution in [2.45, 2.75) is 27.7 Å². The van der Waals surface area contributed by atoms with Crippen molar-refractivity contribution in [2.24, 2.45) is 0 Å². The maximum absolute atomic E-state index is 3.80. The predicted molar refractivity (Wildman–Crippen MR) is 234 cm³/mol. The van der Waals surface area contributed by atoms with Crippen LogP contribution in [0.1, 0.15) is 22.3 Å². The summed E-state index contributed by atoms with van der Waals surface area (Å²) in [5.74, 6) is 0. The minimum Gasteiger partial charge on any atom is -0.355 e. The fraction of sp³-hybridized carbons (Fsp3) is 0.0800. The first-order chi connectivity index (χ1) is 26.4. The van der Waals surface area contributed by atoms with Crippen LogP contribution in [0.4, 0.5) is 45.5 Å². The first-order valence-electron chi connectivity index (χ1n) is 18.6. The molecule has 54 heavy (non-hydrogen) atoms. The Kier molecular flexibility index (Phi) is 8.36. The lowest BCUT2D eigenvalue weighted by molar-refractivity contribution is 1.34. The van der Waals surface area contributed by atoms with Crippen molar-refractivity contribution in [3.8, 4) is 0 Å². The molecule has 0 bridgehead atoms. The largest absolute Gasteiger partial charge is 0.355 e. The van der Waals surface area contributed by atoms with Crippen LogP contribution in [0.25, 0.3) is 43.1 Å². The Labute approximate surface area is 316 Å². The Morgan fingerprint density at radius 2 is 0.463 bits per heavy atom. The number of fused-ring (bicyclic) bond motifs is 4. The van der Waals surface area contributed by atoms with Crippen molar-refractivity contribution in [3.63, 3.8) is 0 Å². The van der Waals surface area contributed by atoms with Crippen molar-refractivity contribution in [1.82, 2.24) is 0 Å². The molecule has 0 aliphatic carbocycles. The molecule has 0 saturated carbocycles. The number of benzene rings is 9. The van der Waals surface area contributed by atoms with Crippen molar-refractivity contribution in [2.75, 3.05) is 21.3 Å². The molecule has 0 radical (unpaired) electrons. The number of anilines is 8. The van der Waals surface area contributed by atoms with Gasteiger partial charge in [0.15, 0.2) is 0 Å². The second kappa shape index (κ2) is 13.6. The van der Waals surface area contributed by atoms with Gasteiger partial charge in [0, 0.05) is 67.0 Å². The number of nitrogens with one attached hydrogen (secondary N) is 4. The topological polar surface area (TPSA) is 48.1 Å². The lowest BCUT2D eigenvalue weighted by Crippen LogP contribution is -2.02. The van der Waals surface area contributed by atoms with Crippen molar-refractivity contribution in [3.05, 3.63) is 180 Å². The van der Waals surface area contributed by atoms with Gasteiger partial charge in [0.1, 0.15) is 0 Å². The Morgan fingerprint density at radius 1 is 0.259 bits per heavy atom. The Bertz CT molecular complexity index is 2440. The monoisotopic (exact) mass is 698 g/mol. The van der Waals surface area contributed by atoms with E-state index in [0.717, 1.165) is 45.5 Å². The number of hydrogen-bond acceptors (Lipinski definition) is 4. The molecule has 0 saturated heterocycles. The van der Waals surface area contributed by atoms with Gasteiger partial charge in [-0.05, 0) is 156 Å². The van der Waals surface area contributed by atoms with Crippen molar-refractivity contribution < 1.29 is 0 Å². The van der Waals surface area contributed by atoms with Crippen LogP contribution < -0.4 is 21.3 Å². The highest BCUT2D eigenvalue weighted by atomic mass is 14.9. The molecule has 9 rings (SSSR count). The molecule has 0 amide bonds. The van der Waals surface area contributed by atoms with Crippen LogP contribution in [-0.2, 0) is 0 Å². The van der Waals surface area contributed by atoms with Crippen LogP contribution in [-0.4, -0.2) is 0 Å². The molecule has 9 aromatic carbocycles. The van der Waals surface area contributed by atoms with Crippen LogP contribution in [0.5, 0.6) is 0 Å². The number of hydrogen-bond donors (Lipinski definition) is 4. The van der Waals surface area contributed by atoms with Gasteiger partial charge >= 0.3 is 0 Å². The molecule has 0 fully saturated rings. The summed E-state index contributed by atoms with van der Waals surface area (Å²) >= 11 is 0. The summed E-state index contributed by atoms with van der Waals surface area (Å²) in [6, 6.07) is 56.1. The Balaban J connectivity index is 1.30. The fourth-order valence-electron chi connectivity index (χ4n) is 7.79. The molecule has 4 N–H and O–H groups in total. The van der Waals surface area contributed by atoms with E-state index in [1.807, 2.05) is 0 Å². The average Bonchev–Trinajstić information content (AvgIpc) is 3.21. The normalized spacial score (nSPS) is 11.3. The summed E-state index contributed by atoms with van der Waals surface area (Å²) in [4.78, 5) is 0. The predicted octanol–water partition coefficient (Wildman–Crippen LogP) is 14.5. The quantitative estimate of drug-likeness (QED) is 0.119. The van der Waals surface area contributed by atoms with Crippen molar-refractivity contribution >= 4 is 88.6 Å². The molecular weight excluding hydrogens is 657 g/mol. The van der Waals surface area contributed by atoms with Gasteiger partial charge in [0.2, 0.25) is 0 Å². The fourth-order valence-corrected chi connectivity index (χ4v) is 7.79. The van der Waals surface area contributed by atoms with Gasteiger partial charge in [0.25, 0.3) is 0 Å². The second-order valence-corrected chi connectivity index (χ2v) is 14.3. The van der Waals surface area contributed by atoms with Gasteiger partial charge in [-0.25, -0.2) is 0 Å². The number of rotatable bonds is 8. The molecule has 262 valence electrons. The summed E-state index contributed by atoms with van der Waals surface area (Å²) in [6.45, 7) is 8.89. The van der Waals surface area contributed by atoms with E-state index in [1.54, 1.807) is 0 Å². The Morgan fingerprint density at radius 3 is 0.667 bits per heavy atom. The van der Waals surface area contributed by atoms with Crippen molar-refractivity contribution in [1.29, 1.82) is 0 Å². The molecule has 0 aliphatic rings. The molecule has 9 aromatic rings. The third-order valence-electron chi connectivity index (χ3n) is 10.9. The summed E-state index contributed by atoms with van der Waals surface area (Å²) in [6.07, 6.45) is 0. The first-order valence-corrected chi connectivity index (χ1v) is 18.6. The maximum Gasteiger partial charge on any atom is 0.0498 e. The summed E-state index contributed by atoms with van der Waals surface area (Å²) < 4.78 is 0. The van der Waals surface area contributed by atoms with E-state index >= 15 is 0 Å². The van der Waals surface area contributed by atoms with E-state index in [2.05, 4.69) is 207 Å². The molecule has 4 nitrogen and oxygen atoms in total. The van der Waals surface area contributed by atoms with Gasteiger partial charge in [0.05, 0.1) is 0 Å². The second-order valence-electron chi connectivity index (χ2n) is 14.3. The summed E-state index contributed by atoms with van der Waals surface area (Å²) in [7, 11) is 0. The molecule has 0 atom stereocenters. The van der Waals surface area contributed by atoms with E-state index in [0.29, 0.717) is 0 Å². The average molecular weight is 699 g/mol. The smallest absolute Gasteiger partial charge is 0.0498 e. The standard InChI is InChI=1S/C50H42N4/c1-31-32(2)48(52-40-19-11-6-12-20-40)44-28-36-26-38-30-46-45(29-37(38)25-35(36)27-43(44)47(31)51-39-17-9-5-10-18-39)49(53-41-21-13-7-14-22-41)33(3)34(4)50(46)54-42-23-15-8-16-24-42/h5-30,51-54H,1-4H3. The molecule has 0 heterocycles. The van der Waals surface area contributed by atoms with Gasteiger partial charge < -0.3 is 21.3 Å². The van der Waals surface area contributed by atoms with Crippen LogP contribution in [0, 0.1) is 27.7 Å². The van der Waals surface area contributed by atoms with Gasteiger partial charge in [-0.2, -0.15) is 0 Å². The van der Waals surface area contributed by atoms with E-state index in [1.165, 1.54) is 65.3 Å². The van der Waals surface area contributed by atoms with Gasteiger partial charge in [-0.15, -0.1) is 0 Å². The summed E-state index contributed by atoms with van der Waals surface area (Å²) in [5.41, 5.74) is 13.7. The summed E-state index contributed by atoms with van der Waals surface area (Å²) in [5, 5.41) is 24.7. The van der Waals surface area contributed by atoms with E-state index < -0.39 is 0 Å². The highest BCUT2D eigenvalue weighted by molar-refractivity contribution is 6.17. The maximum atomic E-state index is 3.80. The third kappa shape index (κ3) is 6.02. The molecule has 4 heteroatoms. The van der Waals surface area contributed by atoms with Crippen LogP contribution in [0.2, 0.25) is 0 Å². The zero-order valence-corrected chi connectivity index (χ0v) is 31.0. The van der Waals surface area contributed by atoms with Crippen LogP contribution >= 0.6 is 0 Å². The van der Waals surface area contributed by atoms with E-state index in [-0.39, 0.29) is 0 Å². The van der Waals surface area contributed by atoms with Crippen LogP contribution in [0.3, 0.4) is 0 Å². The SMILES string of the molecule is Cc1c(C)c(Nc2ccccc2)c2cc3cc4cc5c(Nc6ccccc6)c(C)c(C)c(Nc6ccccc6)c5cc4cc3cc2c1Nc1ccccc1. The Hall–Kier alpha value is -6.78. The van der Waals surface area contributed by atoms with Gasteiger partial charge in [-0.3, -0.25) is 0 Å². The molecular formula is C50H42N4. The zero-order valence-electron chi connectivity index (χ0n) is 31.0. The lowest BCUT2D eigenvalue weighted by Gasteiger charge is -2.22. The van der Waals surface area contributed by atoms with E-state index in [9.17, 15) is 0 Å². The van der Waals surface area contributed by atoms with Crippen LogP contribution in [0.15, 0.2) is 158 Å². The number of para-hydroxylation sites is 4. The molecule has 0 spiro atoms. The minimum absolute atomic E-state index is 1.07. The van der Waals surface area contributed by atoms with Gasteiger partial charge in [-0.1, -0.05) is 72.8 Å². The zero-order chi connectivity index (χ0) is 36.8. The minimum atomic E-state index is 1.07. The molecule has 0 aliphatic heterocycles. The highest BCUT2D eigenvalue weighted by Gasteiger charge is 2.19. The lowest BCUT2D eigenvalue weighted by atomic mass is 9.91. The molecule has 0 unspecified atom stereocenters. The first kappa shape index (κ1) is 33.1. The molecule has 0 aromatic heterocycles. The third-order valence-corrected chi connectivity index (χ3v) is 10.9. The van der Waals surface area contributed by atoms with E-state index in [4.69, 9.17) is 0 Å². The highest BCUT2D eigenvalue weighted by Crippen LogP contribution is 2.45.